The topological polar surface area (TPSA) is 128 Å². The first-order valence-corrected chi connectivity index (χ1v) is 19.3. The Kier molecular flexibility index (Phi) is 11.2. The van der Waals surface area contributed by atoms with E-state index < -0.39 is 67.1 Å². The molecule has 1 saturated carbocycles. The van der Waals surface area contributed by atoms with E-state index in [1.807, 2.05) is 6.92 Å². The maximum Gasteiger partial charge on any atom is 0.492 e. The molecule has 2 bridgehead atoms. The summed E-state index contributed by atoms with van der Waals surface area (Å²) in [6, 6.07) is 7.22. The van der Waals surface area contributed by atoms with Gasteiger partial charge in [-0.15, -0.1) is 0 Å². The number of halogens is 5. The summed E-state index contributed by atoms with van der Waals surface area (Å²) in [7, 11) is -5.62. The van der Waals surface area contributed by atoms with Crippen LogP contribution in [-0.4, -0.2) is 72.7 Å². The fourth-order valence-corrected chi connectivity index (χ4v) is 8.87. The van der Waals surface area contributed by atoms with Crippen LogP contribution >= 0.6 is 0 Å². The maximum atomic E-state index is 17.0. The van der Waals surface area contributed by atoms with Crippen LogP contribution in [0.1, 0.15) is 76.7 Å². The number of carbonyl (C=O) groups is 2. The van der Waals surface area contributed by atoms with Crippen LogP contribution < -0.4 is 15.2 Å². The highest BCUT2D eigenvalue weighted by molar-refractivity contribution is 7.89. The van der Waals surface area contributed by atoms with Gasteiger partial charge >= 0.3 is 18.1 Å². The molecule has 2 unspecified atom stereocenters. The quantitative estimate of drug-likeness (QED) is 0.112. The Balaban J connectivity index is 1.44. The first-order valence-electron chi connectivity index (χ1n) is 17.8. The largest absolute Gasteiger partial charge is 0.494 e. The minimum atomic E-state index is -5.82. The first kappa shape index (κ1) is 38.7. The highest BCUT2D eigenvalue weighted by Gasteiger charge is 2.60. The zero-order chi connectivity index (χ0) is 38.1. The van der Waals surface area contributed by atoms with Crippen LogP contribution in [0, 0.1) is 0 Å². The SMILES string of the molecule is CCCCOc1ccc(C(F)(F)[C@@H](C(=O)N2C3CCC2CC(N)C3)N(OC(=O)C(F)(F)F)S(=O)(=O)c2ccc3cc(OC4CCCC4)ccc3c2)cc1. The standard InChI is InChI=1S/C37H42F5N3O7S/c1-2-3-18-50-29-15-10-25(11-16-29)36(38,39)33(34(46)44-27-12-13-28(44)22-26(43)21-27)45(52-35(47)37(40,41)42)53(48,49)32-17-9-23-19-31(14-8-24(23)20-32)51-30-6-4-5-7-30/h8-11,14-17,19-20,26-28,30,33H,2-7,12-13,18,21-22,43H2,1H3/t26?,27?,28?,33-/m1/s1. The van der Waals surface area contributed by atoms with Crippen LogP contribution in [0.15, 0.2) is 65.6 Å². The molecule has 1 amide bonds. The number of hydrogen-bond donors (Lipinski definition) is 1. The zero-order valence-electron chi connectivity index (χ0n) is 29.1. The van der Waals surface area contributed by atoms with Crippen LogP contribution in [0.3, 0.4) is 0 Å². The van der Waals surface area contributed by atoms with Gasteiger partial charge in [-0.25, -0.2) is 13.2 Å². The Morgan fingerprint density at radius 3 is 2.11 bits per heavy atom. The summed E-state index contributed by atoms with van der Waals surface area (Å²) >= 11 is 0. The molecule has 0 spiro atoms. The molecule has 2 aliphatic heterocycles. The second-order valence-electron chi connectivity index (χ2n) is 13.9. The van der Waals surface area contributed by atoms with Gasteiger partial charge in [0.15, 0.2) is 0 Å². The molecule has 1 aliphatic carbocycles. The predicted octanol–water partition coefficient (Wildman–Crippen LogP) is 6.99. The molecule has 3 atom stereocenters. The zero-order valence-corrected chi connectivity index (χ0v) is 29.9. The summed E-state index contributed by atoms with van der Waals surface area (Å²) < 4.78 is 115. The normalized spacial score (nSPS) is 21.6. The number of carbonyl (C=O) groups excluding carboxylic acids is 2. The van der Waals surface area contributed by atoms with Gasteiger partial charge in [-0.05, 0) is 122 Å². The second kappa shape index (κ2) is 15.4. The molecule has 2 heterocycles. The summed E-state index contributed by atoms with van der Waals surface area (Å²) in [5, 5.41) is 0.752. The van der Waals surface area contributed by atoms with E-state index in [1.165, 1.54) is 24.3 Å². The van der Waals surface area contributed by atoms with Crippen molar-refractivity contribution in [2.45, 2.75) is 118 Å². The van der Waals surface area contributed by atoms with Gasteiger partial charge < -0.3 is 24.9 Å². The Morgan fingerprint density at radius 2 is 1.49 bits per heavy atom. The molecule has 3 aromatic carbocycles. The number of nitrogens with zero attached hydrogens (tertiary/aromatic N) is 2. The van der Waals surface area contributed by atoms with Crippen LogP contribution in [0.4, 0.5) is 22.0 Å². The molecule has 3 fully saturated rings. The van der Waals surface area contributed by atoms with E-state index in [0.29, 0.717) is 30.4 Å². The lowest BCUT2D eigenvalue weighted by Crippen LogP contribution is -2.62. The predicted molar refractivity (Wildman–Crippen MR) is 183 cm³/mol. The van der Waals surface area contributed by atoms with E-state index in [2.05, 4.69) is 4.84 Å². The smallest absolute Gasteiger partial charge is 0.492 e. The van der Waals surface area contributed by atoms with Crippen molar-refractivity contribution in [2.24, 2.45) is 5.73 Å². The molecule has 3 aliphatic rings. The molecule has 0 radical (unpaired) electrons. The van der Waals surface area contributed by atoms with Gasteiger partial charge in [0.2, 0.25) is 6.04 Å². The number of unbranched alkanes of at least 4 members (excludes halogenated alkanes) is 1. The molecular weight excluding hydrogens is 725 g/mol. The molecule has 10 nitrogen and oxygen atoms in total. The number of hydroxylamine groups is 1. The number of amides is 1. The fourth-order valence-electron chi connectivity index (χ4n) is 7.48. The average molecular weight is 768 g/mol. The number of sulfonamides is 1. The summed E-state index contributed by atoms with van der Waals surface area (Å²) in [4.78, 5) is 31.5. The lowest BCUT2D eigenvalue weighted by atomic mass is 9.94. The van der Waals surface area contributed by atoms with Crippen molar-refractivity contribution in [3.05, 3.63) is 66.2 Å². The monoisotopic (exact) mass is 767 g/mol. The van der Waals surface area contributed by atoms with Gasteiger partial charge in [0, 0.05) is 23.7 Å². The number of alkyl halides is 5. The van der Waals surface area contributed by atoms with E-state index in [-0.39, 0.29) is 42.7 Å². The van der Waals surface area contributed by atoms with Gasteiger partial charge in [-0.3, -0.25) is 4.79 Å². The minimum absolute atomic E-state index is 0.0239. The Bertz CT molecular complexity index is 1890. The number of hydrogen-bond acceptors (Lipinski definition) is 8. The Hall–Kier alpha value is -4.02. The van der Waals surface area contributed by atoms with Crippen LogP contribution in [0.5, 0.6) is 11.5 Å². The van der Waals surface area contributed by atoms with Gasteiger partial charge in [0.1, 0.15) is 11.5 Å². The van der Waals surface area contributed by atoms with E-state index in [9.17, 15) is 31.2 Å². The van der Waals surface area contributed by atoms with Crippen molar-refractivity contribution in [3.63, 3.8) is 0 Å². The summed E-state index contributed by atoms with van der Waals surface area (Å²) in [6.45, 7) is 2.21. The van der Waals surface area contributed by atoms with Crippen LogP contribution in [-0.2, 0) is 30.4 Å². The number of fused-ring (bicyclic) bond motifs is 3. The highest BCUT2D eigenvalue weighted by atomic mass is 32.2. The van der Waals surface area contributed by atoms with Crippen molar-refractivity contribution < 1.29 is 54.3 Å². The average Bonchev–Trinajstić information content (AvgIpc) is 3.72. The minimum Gasteiger partial charge on any atom is -0.494 e. The molecular formula is C37H42F5N3O7S. The third kappa shape index (κ3) is 8.24. The molecule has 288 valence electrons. The van der Waals surface area contributed by atoms with E-state index in [1.54, 1.807) is 12.1 Å². The first-order chi connectivity index (χ1) is 25.1. The van der Waals surface area contributed by atoms with E-state index >= 15 is 8.78 Å². The van der Waals surface area contributed by atoms with Gasteiger partial charge in [0.05, 0.1) is 17.6 Å². The van der Waals surface area contributed by atoms with Crippen LogP contribution in [0.25, 0.3) is 10.8 Å². The lowest BCUT2D eigenvalue weighted by Gasteiger charge is -2.42. The molecule has 0 aromatic heterocycles. The van der Waals surface area contributed by atoms with E-state index in [0.717, 1.165) is 61.3 Å². The summed E-state index contributed by atoms with van der Waals surface area (Å²) in [5.74, 6) is -8.45. The number of rotatable bonds is 13. The number of nitrogens with two attached hydrogens (primary N) is 1. The third-order valence-electron chi connectivity index (χ3n) is 10.1. The molecule has 2 saturated heterocycles. The molecule has 3 aromatic rings. The summed E-state index contributed by atoms with van der Waals surface area (Å²) in [5.41, 5.74) is 5.22. The number of ether oxygens (including phenoxy) is 2. The molecule has 6 rings (SSSR count). The Morgan fingerprint density at radius 1 is 0.887 bits per heavy atom. The maximum absolute atomic E-state index is 17.0. The highest BCUT2D eigenvalue weighted by Crippen LogP contribution is 2.43. The second-order valence-corrected chi connectivity index (χ2v) is 15.7. The number of benzene rings is 3. The van der Waals surface area contributed by atoms with E-state index in [4.69, 9.17) is 15.2 Å². The lowest BCUT2D eigenvalue weighted by molar-refractivity contribution is -0.240. The Labute approximate surface area is 304 Å². The van der Waals surface area contributed by atoms with Crippen molar-refractivity contribution in [2.75, 3.05) is 6.61 Å². The molecule has 2 N–H and O–H groups in total. The number of piperidine rings is 1. The van der Waals surface area contributed by atoms with Crippen LogP contribution in [0.2, 0.25) is 0 Å². The van der Waals surface area contributed by atoms with Crippen molar-refractivity contribution in [1.29, 1.82) is 0 Å². The van der Waals surface area contributed by atoms with Gasteiger partial charge in [-0.2, -0.15) is 22.0 Å². The molecule has 53 heavy (non-hydrogen) atoms. The van der Waals surface area contributed by atoms with Crippen molar-refractivity contribution >= 4 is 32.7 Å². The molecule has 16 heteroatoms. The summed E-state index contributed by atoms with van der Waals surface area (Å²) in [6.07, 6.45) is 0.647. The van der Waals surface area contributed by atoms with Crippen molar-refractivity contribution in [1.82, 2.24) is 9.37 Å². The van der Waals surface area contributed by atoms with Gasteiger partial charge in [0.25, 0.3) is 15.9 Å². The van der Waals surface area contributed by atoms with Crippen molar-refractivity contribution in [3.8, 4) is 11.5 Å². The third-order valence-corrected chi connectivity index (χ3v) is 11.8. The van der Waals surface area contributed by atoms with Gasteiger partial charge in [-0.1, -0.05) is 25.5 Å². The fraction of sp³-hybridized carbons (Fsp3) is 0.514.